The molecule has 0 aliphatic rings. The summed E-state index contributed by atoms with van der Waals surface area (Å²) in [4.78, 5) is 19.5. The number of aromatic nitrogens is 2. The fourth-order valence-electron chi connectivity index (χ4n) is 2.92. The van der Waals surface area contributed by atoms with E-state index in [1.807, 2.05) is 6.07 Å². The number of halogens is 1. The molecule has 3 N–H and O–H groups in total. The smallest absolute Gasteiger partial charge is 0.322 e. The summed E-state index contributed by atoms with van der Waals surface area (Å²) >= 11 is 0.912. The van der Waals surface area contributed by atoms with Gasteiger partial charge in [0.2, 0.25) is 0 Å². The number of aliphatic carboxylic acids is 1. The number of sulfonamides is 1. The third-order valence-corrected chi connectivity index (χ3v) is 7.42. The number of para-hydroxylation sites is 2. The molecule has 10 heteroatoms. The molecule has 4 rings (SSSR count). The van der Waals surface area contributed by atoms with Gasteiger partial charge in [-0.15, -0.1) is 11.3 Å². The van der Waals surface area contributed by atoms with Crippen LogP contribution in [-0.4, -0.2) is 35.5 Å². The highest BCUT2D eigenvalue weighted by atomic mass is 32.2. The first kappa shape index (κ1) is 21.7. The number of rotatable bonds is 6. The molecule has 2 heterocycles. The molecule has 0 aliphatic carbocycles. The average Bonchev–Trinajstić information content (AvgIpc) is 3.39. The number of carboxylic acids is 1. The van der Waals surface area contributed by atoms with Crippen molar-refractivity contribution in [3.8, 4) is 11.8 Å². The Morgan fingerprint density at radius 2 is 1.88 bits per heavy atom. The number of imidazole rings is 1. The SMILES string of the molecule is O=C(O)[C@@H](Cc1nc2ccccc2[nH]1)NS(=O)(=O)c1ccc(C#Cc2ccc(F)cc2)s1. The Labute approximate surface area is 187 Å². The molecule has 162 valence electrons. The monoisotopic (exact) mass is 469 g/mol. The second kappa shape index (κ2) is 8.92. The fourth-order valence-corrected chi connectivity index (χ4v) is 5.28. The number of H-pyrrole nitrogens is 1. The predicted molar refractivity (Wildman–Crippen MR) is 118 cm³/mol. The Hall–Kier alpha value is -3.52. The fraction of sp³-hybridized carbons (Fsp3) is 0.0909. The van der Waals surface area contributed by atoms with E-state index in [4.69, 9.17) is 0 Å². The average molecular weight is 470 g/mol. The summed E-state index contributed by atoms with van der Waals surface area (Å²) in [5, 5.41) is 9.54. The topological polar surface area (TPSA) is 112 Å². The second-order valence-corrected chi connectivity index (χ2v) is 9.82. The Kier molecular flexibility index (Phi) is 6.05. The molecule has 0 fully saturated rings. The lowest BCUT2D eigenvalue weighted by Gasteiger charge is -2.12. The Balaban J connectivity index is 1.50. The van der Waals surface area contributed by atoms with Crippen LogP contribution in [0, 0.1) is 17.7 Å². The van der Waals surface area contributed by atoms with Gasteiger partial charge in [0, 0.05) is 12.0 Å². The lowest BCUT2D eigenvalue weighted by molar-refractivity contribution is -0.138. The van der Waals surface area contributed by atoms with Crippen LogP contribution in [0.5, 0.6) is 0 Å². The Morgan fingerprint density at radius 3 is 2.59 bits per heavy atom. The van der Waals surface area contributed by atoms with Crippen LogP contribution in [-0.2, 0) is 21.2 Å². The predicted octanol–water partition coefficient (Wildman–Crippen LogP) is 3.14. The van der Waals surface area contributed by atoms with Gasteiger partial charge in [0.05, 0.1) is 15.9 Å². The van der Waals surface area contributed by atoms with Crippen molar-refractivity contribution < 1.29 is 22.7 Å². The number of thiophene rings is 1. The number of carbonyl (C=O) groups is 1. The summed E-state index contributed by atoms with van der Waals surface area (Å²) in [5.74, 6) is 4.32. The second-order valence-electron chi connectivity index (χ2n) is 6.79. The van der Waals surface area contributed by atoms with E-state index in [0.29, 0.717) is 21.8 Å². The zero-order chi connectivity index (χ0) is 22.7. The molecule has 0 aliphatic heterocycles. The van der Waals surface area contributed by atoms with Crippen molar-refractivity contribution in [1.29, 1.82) is 0 Å². The minimum absolute atomic E-state index is 0.0586. The number of nitrogens with one attached hydrogen (secondary N) is 2. The van der Waals surface area contributed by atoms with E-state index < -0.39 is 22.0 Å². The summed E-state index contributed by atoms with van der Waals surface area (Å²) < 4.78 is 40.6. The van der Waals surface area contributed by atoms with Crippen molar-refractivity contribution in [2.75, 3.05) is 0 Å². The number of nitrogens with zero attached hydrogens (tertiary/aromatic N) is 1. The summed E-state index contributed by atoms with van der Waals surface area (Å²) in [6.07, 6.45) is -0.147. The number of aromatic amines is 1. The van der Waals surface area contributed by atoms with Gasteiger partial charge in [-0.3, -0.25) is 4.79 Å². The van der Waals surface area contributed by atoms with Crippen molar-refractivity contribution >= 4 is 38.4 Å². The largest absolute Gasteiger partial charge is 0.480 e. The standard InChI is InChI=1S/C22H16FN3O4S2/c23-15-8-5-14(6-9-15)7-10-16-11-12-21(31-16)32(29,30)26-19(22(27)28)13-20-24-17-3-1-2-4-18(17)25-20/h1-6,8-9,11-12,19,26H,13H2,(H,24,25)(H,27,28)/t19-/m1/s1. The van der Waals surface area contributed by atoms with Crippen LogP contribution in [0.2, 0.25) is 0 Å². The van der Waals surface area contributed by atoms with Crippen molar-refractivity contribution in [2.24, 2.45) is 0 Å². The molecule has 2 aromatic carbocycles. The molecule has 0 radical (unpaired) electrons. The van der Waals surface area contributed by atoms with Crippen LogP contribution in [0.25, 0.3) is 11.0 Å². The minimum Gasteiger partial charge on any atom is -0.480 e. The Bertz CT molecular complexity index is 1410. The van der Waals surface area contributed by atoms with Crippen molar-refractivity contribution in [3.63, 3.8) is 0 Å². The van der Waals surface area contributed by atoms with E-state index in [1.54, 1.807) is 18.2 Å². The third-order valence-electron chi connectivity index (χ3n) is 4.45. The molecule has 7 nitrogen and oxygen atoms in total. The number of carboxylic acid groups (broad SMARTS) is 1. The van der Waals surface area contributed by atoms with Gasteiger partial charge in [-0.05, 0) is 48.5 Å². The van der Waals surface area contributed by atoms with Crippen LogP contribution in [0.4, 0.5) is 4.39 Å². The van der Waals surface area contributed by atoms with Gasteiger partial charge < -0.3 is 10.1 Å². The minimum atomic E-state index is -4.09. The summed E-state index contributed by atoms with van der Waals surface area (Å²) in [6.45, 7) is 0. The van der Waals surface area contributed by atoms with Crippen LogP contribution < -0.4 is 4.72 Å². The molecule has 1 atom stereocenters. The van der Waals surface area contributed by atoms with E-state index in [0.717, 1.165) is 16.9 Å². The molecule has 0 spiro atoms. The maximum Gasteiger partial charge on any atom is 0.322 e. The molecule has 4 aromatic rings. The van der Waals surface area contributed by atoms with Gasteiger partial charge in [-0.25, -0.2) is 17.8 Å². The number of hydrogen-bond donors (Lipinski definition) is 3. The molecule has 0 bridgehead atoms. The maximum atomic E-state index is 13.0. The number of fused-ring (bicyclic) bond motifs is 1. The molecule has 0 saturated carbocycles. The quantitative estimate of drug-likeness (QED) is 0.376. The third kappa shape index (κ3) is 5.03. The molecular weight excluding hydrogens is 453 g/mol. The highest BCUT2D eigenvalue weighted by Crippen LogP contribution is 2.22. The van der Waals surface area contributed by atoms with Gasteiger partial charge in [0.25, 0.3) is 10.0 Å². The van der Waals surface area contributed by atoms with Crippen LogP contribution in [0.3, 0.4) is 0 Å². The van der Waals surface area contributed by atoms with E-state index in [2.05, 4.69) is 26.5 Å². The molecule has 0 unspecified atom stereocenters. The van der Waals surface area contributed by atoms with E-state index >= 15 is 0 Å². The molecule has 0 amide bonds. The van der Waals surface area contributed by atoms with E-state index in [9.17, 15) is 22.7 Å². The van der Waals surface area contributed by atoms with Gasteiger partial charge in [0.1, 0.15) is 21.9 Å². The Morgan fingerprint density at radius 1 is 1.12 bits per heavy atom. The summed E-state index contributed by atoms with van der Waals surface area (Å²) in [5.41, 5.74) is 1.98. The van der Waals surface area contributed by atoms with Crippen molar-refractivity contribution in [1.82, 2.24) is 14.7 Å². The molecule has 32 heavy (non-hydrogen) atoms. The van der Waals surface area contributed by atoms with E-state index in [1.165, 1.54) is 36.4 Å². The van der Waals surface area contributed by atoms with E-state index in [-0.39, 0.29) is 16.4 Å². The van der Waals surface area contributed by atoms with Crippen molar-refractivity contribution in [3.05, 3.63) is 82.7 Å². The van der Waals surface area contributed by atoms with Gasteiger partial charge in [0.15, 0.2) is 0 Å². The lowest BCUT2D eigenvalue weighted by Crippen LogP contribution is -2.42. The van der Waals surface area contributed by atoms with Gasteiger partial charge in [-0.2, -0.15) is 4.72 Å². The zero-order valence-corrected chi connectivity index (χ0v) is 18.0. The number of hydrogen-bond acceptors (Lipinski definition) is 5. The number of benzene rings is 2. The maximum absolute atomic E-state index is 13.0. The van der Waals surface area contributed by atoms with Crippen LogP contribution in [0.15, 0.2) is 64.9 Å². The first-order valence-electron chi connectivity index (χ1n) is 9.36. The molecule has 0 saturated heterocycles. The first-order valence-corrected chi connectivity index (χ1v) is 11.7. The lowest BCUT2D eigenvalue weighted by atomic mass is 10.2. The highest BCUT2D eigenvalue weighted by Gasteiger charge is 2.27. The van der Waals surface area contributed by atoms with Crippen molar-refractivity contribution in [2.45, 2.75) is 16.7 Å². The van der Waals surface area contributed by atoms with Gasteiger partial charge >= 0.3 is 5.97 Å². The van der Waals surface area contributed by atoms with Crippen LogP contribution in [0.1, 0.15) is 16.3 Å². The van der Waals surface area contributed by atoms with Crippen LogP contribution >= 0.6 is 11.3 Å². The molecule has 2 aromatic heterocycles. The summed E-state index contributed by atoms with van der Waals surface area (Å²) in [6, 6.07) is 14.3. The summed E-state index contributed by atoms with van der Waals surface area (Å²) in [7, 11) is -4.09. The zero-order valence-electron chi connectivity index (χ0n) is 16.4. The molecular formula is C22H16FN3O4S2. The first-order chi connectivity index (χ1) is 15.3. The highest BCUT2D eigenvalue weighted by molar-refractivity contribution is 7.91. The normalized spacial score (nSPS) is 12.3. The van der Waals surface area contributed by atoms with Gasteiger partial charge in [-0.1, -0.05) is 24.0 Å².